The number of sulfone groups is 1. The molecule has 2 fully saturated rings. The third-order valence-corrected chi connectivity index (χ3v) is 6.91. The van der Waals surface area contributed by atoms with Crippen LogP contribution in [0.25, 0.3) is 5.69 Å². The highest BCUT2D eigenvalue weighted by atomic mass is 32.2. The molecule has 26 heavy (non-hydrogen) atoms. The number of esters is 1. The molecule has 1 saturated carbocycles. The number of thioether (sulfide) groups is 1. The fourth-order valence-electron chi connectivity index (χ4n) is 2.93. The van der Waals surface area contributed by atoms with Gasteiger partial charge in [-0.15, -0.1) is 5.10 Å². The largest absolute Gasteiger partial charge is 0.461 e. The van der Waals surface area contributed by atoms with Gasteiger partial charge < -0.3 is 4.74 Å². The molecule has 0 N–H and O–H groups in total. The van der Waals surface area contributed by atoms with Crippen LogP contribution in [0, 0.1) is 0 Å². The van der Waals surface area contributed by atoms with Crippen molar-refractivity contribution in [2.24, 2.45) is 0 Å². The molecule has 1 aliphatic heterocycles. The van der Waals surface area contributed by atoms with E-state index in [-0.39, 0.29) is 17.3 Å². The second-order valence-corrected chi connectivity index (χ2v) is 9.75. The Kier molecular flexibility index (Phi) is 4.74. The first-order chi connectivity index (χ1) is 12.5. The Labute approximate surface area is 156 Å². The lowest BCUT2D eigenvalue weighted by atomic mass is 10.3. The van der Waals surface area contributed by atoms with Gasteiger partial charge in [0.1, 0.15) is 11.9 Å². The molecule has 0 amide bonds. The average Bonchev–Trinajstić information content (AvgIpc) is 3.29. The van der Waals surface area contributed by atoms with Crippen LogP contribution in [0.1, 0.15) is 31.0 Å². The molecule has 7 nitrogen and oxygen atoms in total. The maximum absolute atomic E-state index is 12.0. The van der Waals surface area contributed by atoms with Crippen molar-refractivity contribution in [3.05, 3.63) is 36.2 Å². The molecule has 0 bridgehead atoms. The first kappa shape index (κ1) is 17.5. The number of hydrogen-bond donors (Lipinski definition) is 0. The smallest absolute Gasteiger partial charge is 0.316 e. The number of benzene rings is 1. The molecule has 2 aromatic rings. The van der Waals surface area contributed by atoms with Crippen LogP contribution in [0.3, 0.4) is 0 Å². The van der Waals surface area contributed by atoms with E-state index in [9.17, 15) is 13.2 Å². The summed E-state index contributed by atoms with van der Waals surface area (Å²) >= 11 is 1.22. The Hall–Kier alpha value is -1.87. The predicted molar refractivity (Wildman–Crippen MR) is 97.2 cm³/mol. The van der Waals surface area contributed by atoms with Gasteiger partial charge in [-0.2, -0.15) is 0 Å². The molecule has 4 rings (SSSR count). The Bertz CT molecular complexity index is 907. The number of carbonyl (C=O) groups is 1. The minimum absolute atomic E-state index is 0.0689. The summed E-state index contributed by atoms with van der Waals surface area (Å²) in [6.07, 6.45) is 2.07. The molecular formula is C17H19N3O4S2. The fourth-order valence-corrected chi connectivity index (χ4v) is 5.13. The number of carbonyl (C=O) groups excluding carboxylic acids is 1. The molecule has 1 aliphatic carbocycles. The number of ether oxygens (including phenoxy) is 1. The Morgan fingerprint density at radius 2 is 2.00 bits per heavy atom. The molecule has 0 unspecified atom stereocenters. The van der Waals surface area contributed by atoms with Gasteiger partial charge in [0.25, 0.3) is 0 Å². The van der Waals surface area contributed by atoms with Crippen LogP contribution < -0.4 is 0 Å². The highest BCUT2D eigenvalue weighted by Crippen LogP contribution is 2.40. The van der Waals surface area contributed by atoms with Gasteiger partial charge in [0.15, 0.2) is 9.84 Å². The topological polar surface area (TPSA) is 91.2 Å². The third kappa shape index (κ3) is 4.09. The maximum Gasteiger partial charge on any atom is 0.316 e. The lowest BCUT2D eigenvalue weighted by molar-refractivity contribution is -0.144. The van der Waals surface area contributed by atoms with Crippen LogP contribution in [0.15, 0.2) is 35.5 Å². The van der Waals surface area contributed by atoms with Gasteiger partial charge in [0.2, 0.25) is 5.16 Å². The minimum atomic E-state index is -3.06. The van der Waals surface area contributed by atoms with Crippen LogP contribution in [-0.2, 0) is 19.4 Å². The van der Waals surface area contributed by atoms with Gasteiger partial charge in [-0.25, -0.2) is 18.1 Å². The van der Waals surface area contributed by atoms with Crippen LogP contribution in [0.2, 0.25) is 0 Å². The number of aromatic nitrogens is 3. The van der Waals surface area contributed by atoms with Crippen molar-refractivity contribution in [2.75, 3.05) is 17.3 Å². The van der Waals surface area contributed by atoms with Crippen LogP contribution in [0.4, 0.5) is 0 Å². The highest BCUT2D eigenvalue weighted by molar-refractivity contribution is 7.99. The Balaban J connectivity index is 1.40. The number of rotatable bonds is 6. The van der Waals surface area contributed by atoms with Gasteiger partial charge in [0.05, 0.1) is 22.9 Å². The van der Waals surface area contributed by atoms with Gasteiger partial charge >= 0.3 is 5.97 Å². The third-order valence-electron chi connectivity index (χ3n) is 4.36. The molecule has 1 saturated heterocycles. The van der Waals surface area contributed by atoms with E-state index >= 15 is 0 Å². The van der Waals surface area contributed by atoms with Gasteiger partial charge in [-0.3, -0.25) is 4.79 Å². The number of hydrogen-bond acceptors (Lipinski definition) is 7. The second kappa shape index (κ2) is 7.03. The van der Waals surface area contributed by atoms with Gasteiger partial charge in [-0.1, -0.05) is 30.0 Å². The van der Waals surface area contributed by atoms with E-state index in [1.807, 2.05) is 35.0 Å². The summed E-state index contributed by atoms with van der Waals surface area (Å²) in [6, 6.07) is 9.81. The zero-order valence-corrected chi connectivity index (χ0v) is 15.7. The quantitative estimate of drug-likeness (QED) is 0.547. The molecule has 138 valence electrons. The second-order valence-electron chi connectivity index (χ2n) is 6.58. The van der Waals surface area contributed by atoms with Crippen molar-refractivity contribution in [1.82, 2.24) is 14.8 Å². The van der Waals surface area contributed by atoms with E-state index in [4.69, 9.17) is 4.74 Å². The highest BCUT2D eigenvalue weighted by Gasteiger charge is 2.32. The summed E-state index contributed by atoms with van der Waals surface area (Å²) in [4.78, 5) is 16.6. The molecule has 1 aromatic carbocycles. The average molecular weight is 393 g/mol. The summed E-state index contributed by atoms with van der Waals surface area (Å²) < 4.78 is 29.9. The van der Waals surface area contributed by atoms with E-state index in [1.54, 1.807) is 0 Å². The van der Waals surface area contributed by atoms with Crippen molar-refractivity contribution in [1.29, 1.82) is 0 Å². The summed E-state index contributed by atoms with van der Waals surface area (Å²) in [5.41, 5.74) is 0.951. The van der Waals surface area contributed by atoms with Crippen molar-refractivity contribution in [2.45, 2.75) is 36.4 Å². The predicted octanol–water partition coefficient (Wildman–Crippen LogP) is 1.97. The first-order valence-corrected chi connectivity index (χ1v) is 11.4. The van der Waals surface area contributed by atoms with E-state index in [1.165, 1.54) is 11.8 Å². The Morgan fingerprint density at radius 1 is 1.23 bits per heavy atom. The molecule has 2 aliphatic rings. The van der Waals surface area contributed by atoms with Crippen molar-refractivity contribution in [3.8, 4) is 5.69 Å². The van der Waals surface area contributed by atoms with E-state index in [2.05, 4.69) is 10.1 Å². The summed E-state index contributed by atoms with van der Waals surface area (Å²) in [5, 5.41) is 5.07. The lowest BCUT2D eigenvalue weighted by Crippen LogP contribution is -2.20. The normalized spacial score (nSPS) is 21.6. The standard InChI is InChI=1S/C17H19N3O4S2/c21-15(24-14-8-9-26(22,23)11-14)10-25-17-18-16(12-6-7-12)20(19-17)13-4-2-1-3-5-13/h1-5,12,14H,6-11H2/t14-/m0/s1. The molecule has 0 radical (unpaired) electrons. The first-order valence-electron chi connectivity index (χ1n) is 8.55. The van der Waals surface area contributed by atoms with E-state index in [0.29, 0.717) is 17.5 Å². The number of nitrogens with zero attached hydrogens (tertiary/aromatic N) is 3. The molecule has 1 atom stereocenters. The van der Waals surface area contributed by atoms with Crippen LogP contribution >= 0.6 is 11.8 Å². The van der Waals surface area contributed by atoms with E-state index < -0.39 is 21.9 Å². The molecular weight excluding hydrogens is 374 g/mol. The van der Waals surface area contributed by atoms with Crippen LogP contribution in [0.5, 0.6) is 0 Å². The van der Waals surface area contributed by atoms with Crippen molar-refractivity contribution in [3.63, 3.8) is 0 Å². The van der Waals surface area contributed by atoms with E-state index in [0.717, 1.165) is 24.4 Å². The van der Waals surface area contributed by atoms with Crippen LogP contribution in [-0.4, -0.2) is 52.5 Å². The van der Waals surface area contributed by atoms with Crippen molar-refractivity contribution >= 4 is 27.6 Å². The molecule has 9 heteroatoms. The summed E-state index contributed by atoms with van der Waals surface area (Å²) in [7, 11) is -3.06. The van der Waals surface area contributed by atoms with Gasteiger partial charge in [-0.05, 0) is 31.4 Å². The summed E-state index contributed by atoms with van der Waals surface area (Å²) in [5.74, 6) is 1.00. The van der Waals surface area contributed by atoms with Crippen molar-refractivity contribution < 1.29 is 17.9 Å². The SMILES string of the molecule is O=C(CSc1nc(C2CC2)n(-c2ccccc2)n1)O[C@H]1CCS(=O)(=O)C1. The summed E-state index contributed by atoms with van der Waals surface area (Å²) in [6.45, 7) is 0. The fraction of sp³-hybridized carbons (Fsp3) is 0.471. The monoisotopic (exact) mass is 393 g/mol. The number of para-hydroxylation sites is 1. The molecule has 0 spiro atoms. The Morgan fingerprint density at radius 3 is 2.65 bits per heavy atom. The molecule has 1 aromatic heterocycles. The van der Waals surface area contributed by atoms with Gasteiger partial charge in [0, 0.05) is 5.92 Å². The minimum Gasteiger partial charge on any atom is -0.461 e. The lowest BCUT2D eigenvalue weighted by Gasteiger charge is -2.09. The zero-order valence-electron chi connectivity index (χ0n) is 14.1. The zero-order chi connectivity index (χ0) is 18.1. The molecule has 2 heterocycles. The maximum atomic E-state index is 12.0.